The molecule has 3 aromatic carbocycles. The molecular formula is C36H36N4O3. The Morgan fingerprint density at radius 2 is 1.47 bits per heavy atom. The molecule has 1 aliphatic heterocycles. The Morgan fingerprint density at radius 1 is 0.837 bits per heavy atom. The summed E-state index contributed by atoms with van der Waals surface area (Å²) in [5.74, 6) is 1.22. The van der Waals surface area contributed by atoms with E-state index in [4.69, 9.17) is 0 Å². The summed E-state index contributed by atoms with van der Waals surface area (Å²) in [6, 6.07) is 24.5. The van der Waals surface area contributed by atoms with E-state index < -0.39 is 18.0 Å². The molecule has 3 amide bonds. The van der Waals surface area contributed by atoms with Gasteiger partial charge < -0.3 is 9.88 Å². The minimum absolute atomic E-state index is 0.0669. The highest BCUT2D eigenvalue weighted by molar-refractivity contribution is 6.04. The molecule has 43 heavy (non-hydrogen) atoms. The summed E-state index contributed by atoms with van der Waals surface area (Å²) >= 11 is 0. The van der Waals surface area contributed by atoms with Crippen LogP contribution >= 0.6 is 0 Å². The molecule has 4 fully saturated rings. The molecule has 5 aliphatic rings. The van der Waals surface area contributed by atoms with E-state index in [2.05, 4.69) is 34.0 Å². The van der Waals surface area contributed by atoms with Gasteiger partial charge in [0, 0.05) is 22.0 Å². The van der Waals surface area contributed by atoms with Crippen LogP contribution in [-0.4, -0.2) is 33.6 Å². The molecule has 4 bridgehead atoms. The first-order chi connectivity index (χ1) is 20.9. The summed E-state index contributed by atoms with van der Waals surface area (Å²) in [6.45, 7) is 1.75. The molecule has 1 aromatic heterocycles. The van der Waals surface area contributed by atoms with Crippen molar-refractivity contribution in [1.82, 2.24) is 20.7 Å². The first kappa shape index (κ1) is 26.3. The van der Waals surface area contributed by atoms with Gasteiger partial charge in [0.15, 0.2) is 0 Å². The number of amides is 3. The van der Waals surface area contributed by atoms with Gasteiger partial charge >= 0.3 is 0 Å². The van der Waals surface area contributed by atoms with Crippen LogP contribution < -0.4 is 10.9 Å². The van der Waals surface area contributed by atoms with E-state index in [0.29, 0.717) is 23.3 Å². The van der Waals surface area contributed by atoms with Crippen molar-refractivity contribution >= 4 is 28.6 Å². The van der Waals surface area contributed by atoms with Gasteiger partial charge in [-0.25, -0.2) is 0 Å². The number of rotatable bonds is 5. The molecule has 218 valence electrons. The molecule has 2 unspecified atom stereocenters. The molecule has 3 N–H and O–H groups in total. The van der Waals surface area contributed by atoms with E-state index in [1.807, 2.05) is 60.7 Å². The average molecular weight is 573 g/mol. The average Bonchev–Trinajstić information content (AvgIpc) is 3.54. The highest BCUT2D eigenvalue weighted by Gasteiger charge is 2.55. The minimum Gasteiger partial charge on any atom is -0.354 e. The fourth-order valence-electron chi connectivity index (χ4n) is 9.18. The lowest BCUT2D eigenvalue weighted by atomic mass is 9.49. The summed E-state index contributed by atoms with van der Waals surface area (Å²) < 4.78 is 0. The molecule has 2 heterocycles. The molecule has 7 heteroatoms. The van der Waals surface area contributed by atoms with Crippen LogP contribution in [0.4, 0.5) is 0 Å². The molecule has 4 aliphatic carbocycles. The van der Waals surface area contributed by atoms with Crippen LogP contribution in [0.5, 0.6) is 0 Å². The fourth-order valence-corrected chi connectivity index (χ4v) is 9.18. The van der Waals surface area contributed by atoms with Gasteiger partial charge in [0.05, 0.1) is 17.2 Å². The zero-order valence-electron chi connectivity index (χ0n) is 24.3. The standard InChI is InChI=1S/C36H36N4O3/c1-21(33(41)38-39-35(43)36-18-22-15-23(19-36)17-24(16-22)20-36)40-32(26-11-5-6-12-27(26)34(40)42)30-28-13-7-8-14-29(28)37-31(30)25-9-3-2-4-10-25/h2-14,21-24,32,37H,15-20H2,1H3,(H,38,41)(H,39,43). The van der Waals surface area contributed by atoms with Gasteiger partial charge in [-0.05, 0) is 86.5 Å². The van der Waals surface area contributed by atoms with Crippen molar-refractivity contribution < 1.29 is 14.4 Å². The quantitative estimate of drug-likeness (QED) is 0.251. The lowest BCUT2D eigenvalue weighted by Gasteiger charge is -2.55. The number of hydrazine groups is 1. The minimum atomic E-state index is -0.834. The molecule has 4 saturated carbocycles. The van der Waals surface area contributed by atoms with Crippen molar-refractivity contribution in [2.45, 2.75) is 57.5 Å². The first-order valence-corrected chi connectivity index (χ1v) is 15.6. The predicted molar refractivity (Wildman–Crippen MR) is 165 cm³/mol. The lowest BCUT2D eigenvalue weighted by Crippen LogP contribution is -2.58. The Balaban J connectivity index is 1.13. The van der Waals surface area contributed by atoms with E-state index in [9.17, 15) is 14.4 Å². The van der Waals surface area contributed by atoms with E-state index in [0.717, 1.165) is 52.5 Å². The second-order valence-corrected chi connectivity index (χ2v) is 13.3. The summed E-state index contributed by atoms with van der Waals surface area (Å²) in [7, 11) is 0. The SMILES string of the molecule is CC(C(=O)NNC(=O)C12CC3CC(CC(C3)C1)C2)N1C(=O)c2ccccc2C1c1c(-c2ccccc2)[nH]c2ccccc12. The van der Waals surface area contributed by atoms with Crippen molar-refractivity contribution in [3.8, 4) is 11.3 Å². The third-order valence-corrected chi connectivity index (χ3v) is 10.7. The number of hydrogen-bond donors (Lipinski definition) is 3. The first-order valence-electron chi connectivity index (χ1n) is 15.6. The Kier molecular flexibility index (Phi) is 6.00. The van der Waals surface area contributed by atoms with Crippen LogP contribution in [0.25, 0.3) is 22.2 Å². The number of nitrogens with zero attached hydrogens (tertiary/aromatic N) is 1. The van der Waals surface area contributed by atoms with Gasteiger partial charge in [-0.1, -0.05) is 66.7 Å². The molecule has 0 radical (unpaired) electrons. The monoisotopic (exact) mass is 572 g/mol. The smallest absolute Gasteiger partial charge is 0.260 e. The van der Waals surface area contributed by atoms with Crippen molar-refractivity contribution in [2.75, 3.05) is 0 Å². The van der Waals surface area contributed by atoms with Crippen LogP contribution in [0.1, 0.15) is 73.0 Å². The number of carbonyl (C=O) groups excluding carboxylic acids is 3. The maximum Gasteiger partial charge on any atom is 0.260 e. The molecule has 0 spiro atoms. The number of hydrogen-bond acceptors (Lipinski definition) is 3. The van der Waals surface area contributed by atoms with Gasteiger partial charge in [-0.2, -0.15) is 0 Å². The molecule has 2 atom stereocenters. The summed E-state index contributed by atoms with van der Waals surface area (Å²) in [5.41, 5.74) is 10.5. The number of H-pyrrole nitrogens is 1. The molecule has 0 saturated heterocycles. The summed E-state index contributed by atoms with van der Waals surface area (Å²) in [6.07, 6.45) is 6.48. The predicted octanol–water partition coefficient (Wildman–Crippen LogP) is 6.13. The Labute approximate surface area is 251 Å². The Hall–Kier alpha value is -4.39. The number of benzene rings is 3. The van der Waals surface area contributed by atoms with Crippen LogP contribution in [0.2, 0.25) is 0 Å². The van der Waals surface area contributed by atoms with Crippen molar-refractivity contribution in [1.29, 1.82) is 0 Å². The van der Waals surface area contributed by atoms with Crippen molar-refractivity contribution in [3.05, 3.63) is 95.6 Å². The van der Waals surface area contributed by atoms with Crippen LogP contribution in [0.3, 0.4) is 0 Å². The Morgan fingerprint density at radius 3 is 2.19 bits per heavy atom. The molecule has 9 rings (SSSR count). The molecule has 4 aromatic rings. The van der Waals surface area contributed by atoms with Gasteiger partial charge in [0.1, 0.15) is 6.04 Å². The van der Waals surface area contributed by atoms with Crippen LogP contribution in [0.15, 0.2) is 78.9 Å². The second-order valence-electron chi connectivity index (χ2n) is 13.3. The number of fused-ring (bicyclic) bond motifs is 2. The molecular weight excluding hydrogens is 536 g/mol. The van der Waals surface area contributed by atoms with E-state index in [1.54, 1.807) is 11.8 Å². The number of para-hydroxylation sites is 1. The van der Waals surface area contributed by atoms with Gasteiger partial charge in [0.25, 0.3) is 11.8 Å². The van der Waals surface area contributed by atoms with Crippen molar-refractivity contribution in [2.24, 2.45) is 23.2 Å². The highest BCUT2D eigenvalue weighted by Crippen LogP contribution is 2.60. The number of aromatic amines is 1. The van der Waals surface area contributed by atoms with Crippen LogP contribution in [-0.2, 0) is 9.59 Å². The van der Waals surface area contributed by atoms with E-state index in [-0.39, 0.29) is 17.2 Å². The summed E-state index contributed by atoms with van der Waals surface area (Å²) in [4.78, 5) is 46.7. The zero-order chi connectivity index (χ0) is 29.3. The second kappa shape index (κ2) is 9.83. The zero-order valence-corrected chi connectivity index (χ0v) is 24.3. The largest absolute Gasteiger partial charge is 0.354 e. The third kappa shape index (κ3) is 4.12. The number of aromatic nitrogens is 1. The maximum absolute atomic E-state index is 14.0. The fraction of sp³-hybridized carbons (Fsp3) is 0.361. The van der Waals surface area contributed by atoms with E-state index >= 15 is 0 Å². The van der Waals surface area contributed by atoms with E-state index in [1.165, 1.54) is 19.3 Å². The topological polar surface area (TPSA) is 94.3 Å². The highest BCUT2D eigenvalue weighted by atomic mass is 16.2. The Bertz CT molecular complexity index is 1720. The number of nitrogens with one attached hydrogen (secondary N) is 3. The van der Waals surface area contributed by atoms with Gasteiger partial charge in [0.2, 0.25) is 5.91 Å². The maximum atomic E-state index is 14.0. The number of carbonyl (C=O) groups is 3. The summed E-state index contributed by atoms with van der Waals surface area (Å²) in [5, 5.41) is 1.00. The van der Waals surface area contributed by atoms with Crippen LogP contribution in [0, 0.1) is 23.2 Å². The van der Waals surface area contributed by atoms with Crippen molar-refractivity contribution in [3.63, 3.8) is 0 Å². The van der Waals surface area contributed by atoms with Gasteiger partial charge in [-0.3, -0.25) is 25.2 Å². The lowest BCUT2D eigenvalue weighted by molar-refractivity contribution is -0.149. The molecule has 7 nitrogen and oxygen atoms in total. The normalized spacial score (nSPS) is 27.7. The third-order valence-electron chi connectivity index (χ3n) is 10.7. The van der Waals surface area contributed by atoms with Gasteiger partial charge in [-0.15, -0.1) is 0 Å².